The summed E-state index contributed by atoms with van der Waals surface area (Å²) in [6.07, 6.45) is 2.46. The fourth-order valence-electron chi connectivity index (χ4n) is 2.96. The smallest absolute Gasteiger partial charge is 0.224 e. The molecule has 1 aromatic heterocycles. The van der Waals surface area contributed by atoms with E-state index in [9.17, 15) is 0 Å². The number of anilines is 4. The lowest BCUT2D eigenvalue weighted by Gasteiger charge is -2.28. The summed E-state index contributed by atoms with van der Waals surface area (Å²) in [7, 11) is 1.85. The number of benzene rings is 1. The molecule has 0 unspecified atom stereocenters. The molecule has 1 saturated carbocycles. The molecule has 6 nitrogen and oxygen atoms in total. The number of hydrogen-bond donors (Lipinski definition) is 2. The van der Waals surface area contributed by atoms with Crippen LogP contribution in [0.15, 0.2) is 30.3 Å². The Kier molecular flexibility index (Phi) is 4.21. The third kappa shape index (κ3) is 3.43. The van der Waals surface area contributed by atoms with Gasteiger partial charge in [0.15, 0.2) is 0 Å². The predicted molar refractivity (Wildman–Crippen MR) is 96.3 cm³/mol. The molecular formula is C18H23N5O. The highest BCUT2D eigenvalue weighted by Crippen LogP contribution is 2.40. The van der Waals surface area contributed by atoms with Crippen LogP contribution in [0.4, 0.5) is 23.1 Å². The van der Waals surface area contributed by atoms with Crippen LogP contribution in [0.25, 0.3) is 0 Å². The molecule has 0 bridgehead atoms. The average Bonchev–Trinajstić information content (AvgIpc) is 3.48. The van der Waals surface area contributed by atoms with Gasteiger partial charge >= 0.3 is 0 Å². The first-order valence-electron chi connectivity index (χ1n) is 8.58. The molecule has 24 heavy (non-hydrogen) atoms. The van der Waals surface area contributed by atoms with Crippen LogP contribution in [0.5, 0.6) is 0 Å². The van der Waals surface area contributed by atoms with Crippen molar-refractivity contribution in [2.45, 2.75) is 18.8 Å². The lowest BCUT2D eigenvalue weighted by atomic mass is 10.2. The van der Waals surface area contributed by atoms with E-state index in [2.05, 4.69) is 55.8 Å². The Morgan fingerprint density at radius 2 is 1.83 bits per heavy atom. The van der Waals surface area contributed by atoms with E-state index in [4.69, 9.17) is 4.74 Å². The summed E-state index contributed by atoms with van der Waals surface area (Å²) in [4.78, 5) is 11.4. The van der Waals surface area contributed by atoms with Crippen LogP contribution in [0, 0.1) is 0 Å². The minimum atomic E-state index is 0.601. The molecule has 1 aliphatic carbocycles. The van der Waals surface area contributed by atoms with Crippen molar-refractivity contribution in [2.75, 3.05) is 48.9 Å². The lowest BCUT2D eigenvalue weighted by molar-refractivity contribution is 0.122. The predicted octanol–water partition coefficient (Wildman–Crippen LogP) is 2.98. The summed E-state index contributed by atoms with van der Waals surface area (Å²) < 4.78 is 5.41. The van der Waals surface area contributed by atoms with Gasteiger partial charge in [0.05, 0.1) is 18.9 Å². The van der Waals surface area contributed by atoms with Crippen molar-refractivity contribution in [3.8, 4) is 0 Å². The molecule has 4 rings (SSSR count). The molecule has 2 N–H and O–H groups in total. The molecule has 2 aliphatic rings. The number of ether oxygens (including phenoxy) is 1. The Bertz CT molecular complexity index is 693. The second-order valence-electron chi connectivity index (χ2n) is 6.30. The molecule has 2 fully saturated rings. The maximum atomic E-state index is 5.41. The molecule has 6 heteroatoms. The fourth-order valence-corrected chi connectivity index (χ4v) is 2.96. The van der Waals surface area contributed by atoms with Gasteiger partial charge in [0.1, 0.15) is 5.82 Å². The summed E-state index contributed by atoms with van der Waals surface area (Å²) in [6.45, 7) is 3.51. The Hall–Kier alpha value is -2.34. The number of nitrogens with one attached hydrogen (secondary N) is 2. The highest BCUT2D eigenvalue weighted by Gasteiger charge is 2.26. The lowest BCUT2D eigenvalue weighted by Crippen LogP contribution is -2.36. The molecule has 2 aromatic rings. The van der Waals surface area contributed by atoms with Crippen molar-refractivity contribution in [3.05, 3.63) is 36.0 Å². The molecule has 0 spiro atoms. The zero-order valence-corrected chi connectivity index (χ0v) is 14.0. The summed E-state index contributed by atoms with van der Waals surface area (Å²) in [5.74, 6) is 2.12. The van der Waals surface area contributed by atoms with Crippen LogP contribution in [0.2, 0.25) is 0 Å². The van der Waals surface area contributed by atoms with Gasteiger partial charge in [0.2, 0.25) is 5.95 Å². The summed E-state index contributed by atoms with van der Waals surface area (Å²) >= 11 is 0. The van der Waals surface area contributed by atoms with Crippen molar-refractivity contribution < 1.29 is 4.74 Å². The number of morpholine rings is 1. The topological polar surface area (TPSA) is 62.3 Å². The van der Waals surface area contributed by atoms with E-state index in [-0.39, 0.29) is 0 Å². The standard InChI is InChI=1S/C18H23N5O/c1-19-18-21-16(13-2-3-13)12-17(22-18)20-14-4-6-15(7-5-14)23-8-10-24-11-9-23/h4-7,12-13H,2-3,8-11H2,1H3,(H2,19,20,21,22). The molecule has 2 heterocycles. The highest BCUT2D eigenvalue weighted by molar-refractivity contribution is 5.62. The molecule has 0 radical (unpaired) electrons. The Balaban J connectivity index is 1.49. The van der Waals surface area contributed by atoms with E-state index in [0.717, 1.165) is 43.5 Å². The first-order valence-corrected chi connectivity index (χ1v) is 8.58. The summed E-state index contributed by atoms with van der Waals surface area (Å²) in [6, 6.07) is 10.6. The summed E-state index contributed by atoms with van der Waals surface area (Å²) in [5.41, 5.74) is 3.40. The number of rotatable bonds is 5. The number of aromatic nitrogens is 2. The Morgan fingerprint density at radius 1 is 1.08 bits per heavy atom. The van der Waals surface area contributed by atoms with E-state index in [1.165, 1.54) is 18.5 Å². The van der Waals surface area contributed by atoms with Crippen LogP contribution in [-0.4, -0.2) is 43.3 Å². The van der Waals surface area contributed by atoms with Crippen LogP contribution in [-0.2, 0) is 4.74 Å². The maximum Gasteiger partial charge on any atom is 0.224 e. The van der Waals surface area contributed by atoms with Gasteiger partial charge in [0.25, 0.3) is 0 Å². The highest BCUT2D eigenvalue weighted by atomic mass is 16.5. The minimum Gasteiger partial charge on any atom is -0.378 e. The molecular weight excluding hydrogens is 302 g/mol. The van der Waals surface area contributed by atoms with Crippen molar-refractivity contribution in [1.82, 2.24) is 9.97 Å². The van der Waals surface area contributed by atoms with E-state index in [1.54, 1.807) is 0 Å². The number of nitrogens with zero attached hydrogens (tertiary/aromatic N) is 3. The van der Waals surface area contributed by atoms with Crippen LogP contribution in [0.3, 0.4) is 0 Å². The van der Waals surface area contributed by atoms with E-state index in [0.29, 0.717) is 11.9 Å². The number of hydrogen-bond acceptors (Lipinski definition) is 6. The quantitative estimate of drug-likeness (QED) is 0.881. The van der Waals surface area contributed by atoms with Crippen LogP contribution < -0.4 is 15.5 Å². The van der Waals surface area contributed by atoms with Crippen LogP contribution in [0.1, 0.15) is 24.5 Å². The monoisotopic (exact) mass is 325 g/mol. The van der Waals surface area contributed by atoms with Crippen molar-refractivity contribution in [3.63, 3.8) is 0 Å². The fraction of sp³-hybridized carbons (Fsp3) is 0.444. The van der Waals surface area contributed by atoms with Crippen molar-refractivity contribution in [2.24, 2.45) is 0 Å². The van der Waals surface area contributed by atoms with Crippen LogP contribution >= 0.6 is 0 Å². The SMILES string of the molecule is CNc1nc(Nc2ccc(N3CCOCC3)cc2)cc(C2CC2)n1. The summed E-state index contributed by atoms with van der Waals surface area (Å²) in [5, 5.41) is 6.45. The minimum absolute atomic E-state index is 0.601. The molecule has 1 saturated heterocycles. The zero-order valence-electron chi connectivity index (χ0n) is 14.0. The van der Waals surface area contributed by atoms with Gasteiger partial charge in [0, 0.05) is 43.5 Å². The van der Waals surface area contributed by atoms with Gasteiger partial charge < -0.3 is 20.3 Å². The molecule has 126 valence electrons. The largest absolute Gasteiger partial charge is 0.378 e. The third-order valence-corrected chi connectivity index (χ3v) is 4.48. The maximum absolute atomic E-state index is 5.41. The van der Waals surface area contributed by atoms with Gasteiger partial charge in [-0.25, -0.2) is 4.98 Å². The van der Waals surface area contributed by atoms with Crippen molar-refractivity contribution >= 4 is 23.1 Å². The normalized spacial score (nSPS) is 17.6. The van der Waals surface area contributed by atoms with E-state index in [1.807, 2.05) is 7.05 Å². The van der Waals surface area contributed by atoms with E-state index < -0.39 is 0 Å². The average molecular weight is 325 g/mol. The molecule has 1 aliphatic heterocycles. The second-order valence-corrected chi connectivity index (χ2v) is 6.30. The van der Waals surface area contributed by atoms with Gasteiger partial charge in [-0.15, -0.1) is 0 Å². The second kappa shape index (κ2) is 6.65. The Morgan fingerprint density at radius 3 is 2.50 bits per heavy atom. The molecule has 1 aromatic carbocycles. The Labute approximate surface area is 142 Å². The third-order valence-electron chi connectivity index (χ3n) is 4.48. The molecule has 0 amide bonds. The van der Waals surface area contributed by atoms with E-state index >= 15 is 0 Å². The zero-order chi connectivity index (χ0) is 16.4. The first kappa shape index (κ1) is 15.2. The van der Waals surface area contributed by atoms with Gasteiger partial charge in [-0.05, 0) is 37.1 Å². The van der Waals surface area contributed by atoms with Gasteiger partial charge in [-0.1, -0.05) is 0 Å². The molecule has 0 atom stereocenters. The first-order chi connectivity index (χ1) is 11.8. The van der Waals surface area contributed by atoms with Crippen molar-refractivity contribution in [1.29, 1.82) is 0 Å². The van der Waals surface area contributed by atoms with Gasteiger partial charge in [-0.3, -0.25) is 0 Å². The van der Waals surface area contributed by atoms with Gasteiger partial charge in [-0.2, -0.15) is 4.98 Å².